The van der Waals surface area contributed by atoms with Crippen molar-refractivity contribution in [3.63, 3.8) is 0 Å². The second-order valence-electron chi connectivity index (χ2n) is 5.90. The first-order chi connectivity index (χ1) is 9.86. The van der Waals surface area contributed by atoms with Crippen molar-refractivity contribution in [3.05, 3.63) is 69.8 Å². The van der Waals surface area contributed by atoms with E-state index in [0.29, 0.717) is 12.4 Å². The van der Waals surface area contributed by atoms with Crippen LogP contribution in [0.5, 0.6) is 5.75 Å². The maximum atomic E-state index is 10.5. The zero-order chi connectivity index (χ0) is 15.5. The number of nitro groups is 1. The average Bonchev–Trinajstić information content (AvgIpc) is 2.45. The Morgan fingerprint density at radius 1 is 1.14 bits per heavy atom. The fourth-order valence-electron chi connectivity index (χ4n) is 1.87. The van der Waals surface area contributed by atoms with E-state index in [2.05, 4.69) is 39.0 Å². The van der Waals surface area contributed by atoms with Gasteiger partial charge in [0.2, 0.25) is 0 Å². The lowest BCUT2D eigenvalue weighted by atomic mass is 9.87. The molecular weight excluding hydrogens is 266 g/mol. The number of benzene rings is 2. The van der Waals surface area contributed by atoms with Crippen LogP contribution in [0.4, 0.5) is 5.69 Å². The fourth-order valence-corrected chi connectivity index (χ4v) is 1.87. The van der Waals surface area contributed by atoms with Crippen molar-refractivity contribution in [1.82, 2.24) is 0 Å². The molecule has 0 aliphatic carbocycles. The summed E-state index contributed by atoms with van der Waals surface area (Å²) in [5.74, 6) is 0.570. The highest BCUT2D eigenvalue weighted by atomic mass is 16.6. The van der Waals surface area contributed by atoms with Crippen LogP contribution in [-0.2, 0) is 12.0 Å². The third kappa shape index (κ3) is 4.05. The summed E-state index contributed by atoms with van der Waals surface area (Å²) in [5.41, 5.74) is 2.40. The topological polar surface area (TPSA) is 52.4 Å². The number of nitrogens with zero attached hydrogens (tertiary/aromatic N) is 1. The van der Waals surface area contributed by atoms with Gasteiger partial charge in [-0.1, -0.05) is 45.0 Å². The Kier molecular flexibility index (Phi) is 4.26. The number of nitro benzene ring substituents is 1. The molecule has 0 saturated carbocycles. The quantitative estimate of drug-likeness (QED) is 0.622. The minimum atomic E-state index is -0.477. The Morgan fingerprint density at radius 3 is 2.29 bits per heavy atom. The number of non-ortho nitro benzene ring substituents is 1. The van der Waals surface area contributed by atoms with Crippen molar-refractivity contribution in [3.8, 4) is 5.75 Å². The summed E-state index contributed by atoms with van der Waals surface area (Å²) in [6.07, 6.45) is 0. The molecule has 0 amide bonds. The van der Waals surface area contributed by atoms with Crippen LogP contribution in [0.15, 0.2) is 42.5 Å². The molecule has 0 saturated heterocycles. The Hall–Kier alpha value is -2.36. The molecule has 21 heavy (non-hydrogen) atoms. The predicted molar refractivity (Wildman–Crippen MR) is 81.4 cm³/mol. The van der Waals surface area contributed by atoms with Crippen molar-refractivity contribution < 1.29 is 9.66 Å². The van der Waals surface area contributed by atoms with E-state index in [0.717, 1.165) is 5.56 Å². The molecule has 0 aliphatic heterocycles. The maximum Gasteiger partial charge on any atom is 0.277 e. The van der Waals surface area contributed by atoms with Gasteiger partial charge in [0.25, 0.3) is 5.69 Å². The Morgan fingerprint density at radius 2 is 1.81 bits per heavy atom. The maximum absolute atomic E-state index is 10.5. The van der Waals surface area contributed by atoms with E-state index in [9.17, 15) is 10.1 Å². The first-order valence-corrected chi connectivity index (χ1v) is 6.74. The average molecular weight is 284 g/mol. The summed E-state index contributed by atoms with van der Waals surface area (Å²) in [4.78, 5) is 10.1. The number of rotatable bonds is 4. The molecule has 2 rings (SSSR count). The third-order valence-corrected chi connectivity index (χ3v) is 3.19. The molecule has 0 unspecified atom stereocenters. The zero-order valence-corrected chi connectivity index (χ0v) is 12.4. The van der Waals surface area contributed by atoms with Crippen LogP contribution in [0.3, 0.4) is 0 Å². The molecule has 0 heterocycles. The highest BCUT2D eigenvalue weighted by molar-refractivity contribution is 5.35. The van der Waals surface area contributed by atoms with Crippen molar-refractivity contribution in [2.75, 3.05) is 0 Å². The molecule has 109 valence electrons. The first kappa shape index (κ1) is 15.0. The smallest absolute Gasteiger partial charge is 0.277 e. The molecule has 0 fully saturated rings. The van der Waals surface area contributed by atoms with E-state index in [1.54, 1.807) is 6.07 Å². The summed E-state index contributed by atoms with van der Waals surface area (Å²) in [5, 5.41) is 10.5. The van der Waals surface area contributed by atoms with Gasteiger partial charge < -0.3 is 4.74 Å². The van der Waals surface area contributed by atoms with Gasteiger partial charge in [-0.3, -0.25) is 10.1 Å². The van der Waals surface area contributed by atoms with E-state index in [1.807, 2.05) is 12.1 Å². The van der Waals surface area contributed by atoms with Crippen LogP contribution >= 0.6 is 0 Å². The fraction of sp³-hybridized carbons (Fsp3) is 0.294. The third-order valence-electron chi connectivity index (χ3n) is 3.19. The number of hydrogen-bond donors (Lipinski definition) is 0. The highest BCUT2D eigenvalue weighted by Crippen LogP contribution is 2.23. The molecule has 1 radical (unpaired) electrons. The van der Waals surface area contributed by atoms with Gasteiger partial charge in [0, 0.05) is 6.07 Å². The number of hydrogen-bond acceptors (Lipinski definition) is 3. The summed E-state index contributed by atoms with van der Waals surface area (Å²) in [6, 6.07) is 15.3. The van der Waals surface area contributed by atoms with E-state index in [1.165, 1.54) is 17.7 Å². The monoisotopic (exact) mass is 284 g/mol. The lowest BCUT2D eigenvalue weighted by Crippen LogP contribution is -2.10. The molecule has 0 spiro atoms. The molecule has 4 nitrogen and oxygen atoms in total. The van der Waals surface area contributed by atoms with Gasteiger partial charge in [0.05, 0.1) is 11.0 Å². The molecule has 0 atom stereocenters. The van der Waals surface area contributed by atoms with Crippen LogP contribution in [-0.4, -0.2) is 4.92 Å². The van der Waals surface area contributed by atoms with Gasteiger partial charge in [0.15, 0.2) is 0 Å². The van der Waals surface area contributed by atoms with Crippen molar-refractivity contribution in [2.45, 2.75) is 32.8 Å². The molecule has 0 aliphatic rings. The minimum absolute atomic E-state index is 0.0584. The second-order valence-corrected chi connectivity index (χ2v) is 5.90. The Labute approximate surface area is 124 Å². The summed E-state index contributed by atoms with van der Waals surface area (Å²) in [7, 11) is 0. The van der Waals surface area contributed by atoms with Gasteiger partial charge in [-0.2, -0.15) is 0 Å². The molecule has 0 bridgehead atoms. The lowest BCUT2D eigenvalue weighted by Gasteiger charge is -2.19. The Bertz CT molecular complexity index is 610. The number of ether oxygens (including phenoxy) is 1. The van der Waals surface area contributed by atoms with Gasteiger partial charge in [-0.15, -0.1) is 0 Å². The van der Waals surface area contributed by atoms with Crippen molar-refractivity contribution in [2.24, 2.45) is 0 Å². The Balaban J connectivity index is 1.98. The van der Waals surface area contributed by atoms with Crippen LogP contribution in [0, 0.1) is 16.2 Å². The first-order valence-electron chi connectivity index (χ1n) is 6.74. The zero-order valence-electron chi connectivity index (χ0n) is 12.4. The SMILES string of the molecule is CC(C)(C)c1ccc(COc2c[c]c([N+](=O)[O-])cc2)cc1. The molecule has 2 aromatic carbocycles. The largest absolute Gasteiger partial charge is 0.489 e. The van der Waals surface area contributed by atoms with Crippen molar-refractivity contribution >= 4 is 5.69 Å². The summed E-state index contributed by atoms with van der Waals surface area (Å²) in [6.45, 7) is 6.94. The highest BCUT2D eigenvalue weighted by Gasteiger charge is 2.12. The molecular formula is C17H18NO3. The van der Waals surface area contributed by atoms with Gasteiger partial charge in [-0.25, -0.2) is 0 Å². The lowest BCUT2D eigenvalue weighted by molar-refractivity contribution is -0.385. The van der Waals surface area contributed by atoms with E-state index >= 15 is 0 Å². The summed E-state index contributed by atoms with van der Waals surface area (Å²) < 4.78 is 5.60. The normalized spacial score (nSPS) is 11.2. The molecule has 4 heteroatoms. The van der Waals surface area contributed by atoms with Crippen molar-refractivity contribution in [1.29, 1.82) is 0 Å². The molecule has 2 aromatic rings. The predicted octanol–water partition coefficient (Wildman–Crippen LogP) is 4.27. The summed E-state index contributed by atoms with van der Waals surface area (Å²) >= 11 is 0. The van der Waals surface area contributed by atoms with Gasteiger partial charge >= 0.3 is 0 Å². The second kappa shape index (κ2) is 5.95. The molecule has 0 N–H and O–H groups in total. The van der Waals surface area contributed by atoms with Crippen LogP contribution in [0.1, 0.15) is 31.9 Å². The standard InChI is InChI=1S/C17H18NO3/c1-17(2,3)14-6-4-13(5-7-14)12-21-16-10-8-15(9-11-16)18(19)20/h4-8,10-11H,12H2,1-3H3. The van der Waals surface area contributed by atoms with Crippen LogP contribution in [0.25, 0.3) is 0 Å². The van der Waals surface area contributed by atoms with Crippen LogP contribution < -0.4 is 4.74 Å². The molecule has 0 aromatic heterocycles. The minimum Gasteiger partial charge on any atom is -0.489 e. The van der Waals surface area contributed by atoms with Crippen LogP contribution in [0.2, 0.25) is 0 Å². The van der Waals surface area contributed by atoms with E-state index in [-0.39, 0.29) is 11.1 Å². The van der Waals surface area contributed by atoms with Gasteiger partial charge in [-0.05, 0) is 28.7 Å². The van der Waals surface area contributed by atoms with E-state index in [4.69, 9.17) is 4.74 Å². The van der Waals surface area contributed by atoms with Gasteiger partial charge in [0.1, 0.15) is 12.4 Å². The van der Waals surface area contributed by atoms with E-state index < -0.39 is 4.92 Å².